The zero-order valence-corrected chi connectivity index (χ0v) is 12.0. The maximum absolute atomic E-state index is 11.1. The van der Waals surface area contributed by atoms with Crippen molar-refractivity contribution in [3.05, 3.63) is 12.2 Å². The quantitative estimate of drug-likeness (QED) is 0.378. The van der Waals surface area contributed by atoms with Gasteiger partial charge in [-0.25, -0.2) is 0 Å². The van der Waals surface area contributed by atoms with Crippen LogP contribution in [-0.4, -0.2) is 33.0 Å². The Kier molecular flexibility index (Phi) is 6.25. The fraction of sp³-hybridized carbons (Fsp3) is 0.688. The highest BCUT2D eigenvalue weighted by molar-refractivity contribution is 5.72. The maximum atomic E-state index is 11.1. The lowest BCUT2D eigenvalue weighted by Gasteiger charge is -2.20. The van der Waals surface area contributed by atoms with Gasteiger partial charge >= 0.3 is 5.97 Å². The molecule has 0 saturated heterocycles. The van der Waals surface area contributed by atoms with Gasteiger partial charge in [0.05, 0.1) is 12.0 Å². The summed E-state index contributed by atoms with van der Waals surface area (Å²) in [5, 5.41) is 29.1. The summed E-state index contributed by atoms with van der Waals surface area (Å²) in [5.74, 6) is 0.303. The van der Waals surface area contributed by atoms with Crippen LogP contribution in [0.3, 0.4) is 0 Å². The van der Waals surface area contributed by atoms with Crippen LogP contribution in [0.1, 0.15) is 45.4 Å². The third kappa shape index (κ3) is 4.36. The monoisotopic (exact) mass is 280 g/mol. The second kappa shape index (κ2) is 7.47. The number of terminal acetylenes is 1. The number of aliphatic hydroxyl groups is 2. The maximum Gasteiger partial charge on any atom is 0.309 e. The Morgan fingerprint density at radius 2 is 2.15 bits per heavy atom. The van der Waals surface area contributed by atoms with Gasteiger partial charge in [0.1, 0.15) is 5.60 Å². The minimum absolute atomic E-state index is 0.270. The van der Waals surface area contributed by atoms with E-state index in [4.69, 9.17) is 11.5 Å². The van der Waals surface area contributed by atoms with Crippen molar-refractivity contribution in [1.82, 2.24) is 0 Å². The van der Waals surface area contributed by atoms with Crippen LogP contribution < -0.4 is 0 Å². The van der Waals surface area contributed by atoms with Crippen molar-refractivity contribution in [2.75, 3.05) is 0 Å². The van der Waals surface area contributed by atoms with Gasteiger partial charge in [-0.15, -0.1) is 6.42 Å². The molecular formula is C16H24O4. The molecule has 4 nitrogen and oxygen atoms in total. The highest BCUT2D eigenvalue weighted by Gasteiger charge is 2.39. The van der Waals surface area contributed by atoms with E-state index >= 15 is 0 Å². The molecular weight excluding hydrogens is 256 g/mol. The number of aliphatic carboxylic acids is 1. The summed E-state index contributed by atoms with van der Waals surface area (Å²) in [4.78, 5) is 11.1. The van der Waals surface area contributed by atoms with Crippen LogP contribution >= 0.6 is 0 Å². The molecule has 0 heterocycles. The molecule has 1 saturated carbocycles. The summed E-state index contributed by atoms with van der Waals surface area (Å²) in [7, 11) is 0. The summed E-state index contributed by atoms with van der Waals surface area (Å²) in [6, 6.07) is 0. The first-order valence-corrected chi connectivity index (χ1v) is 7.24. The first-order chi connectivity index (χ1) is 9.43. The molecule has 4 atom stereocenters. The molecule has 0 spiro atoms. The molecule has 1 aliphatic rings. The van der Waals surface area contributed by atoms with Crippen molar-refractivity contribution in [3.8, 4) is 12.3 Å². The van der Waals surface area contributed by atoms with E-state index in [9.17, 15) is 15.0 Å². The molecule has 0 aromatic carbocycles. The van der Waals surface area contributed by atoms with Gasteiger partial charge in [-0.3, -0.25) is 4.79 Å². The summed E-state index contributed by atoms with van der Waals surface area (Å²) in [6.45, 7) is 2.07. The molecule has 3 N–H and O–H groups in total. The molecule has 112 valence electrons. The molecule has 0 radical (unpaired) electrons. The molecule has 0 aliphatic heterocycles. The minimum Gasteiger partial charge on any atom is -0.481 e. The van der Waals surface area contributed by atoms with Crippen molar-refractivity contribution >= 4 is 5.97 Å². The Hall–Kier alpha value is -1.31. The van der Waals surface area contributed by atoms with Gasteiger partial charge < -0.3 is 15.3 Å². The number of carbonyl (C=O) groups is 1. The topological polar surface area (TPSA) is 77.8 Å². The van der Waals surface area contributed by atoms with Gasteiger partial charge in [0.25, 0.3) is 0 Å². The van der Waals surface area contributed by atoms with Gasteiger partial charge in [-0.2, -0.15) is 0 Å². The molecule has 20 heavy (non-hydrogen) atoms. The average molecular weight is 280 g/mol. The predicted molar refractivity (Wildman–Crippen MR) is 76.9 cm³/mol. The van der Waals surface area contributed by atoms with Crippen LogP contribution in [0.15, 0.2) is 12.2 Å². The molecule has 1 aliphatic carbocycles. The molecule has 1 rings (SSSR count). The first kappa shape index (κ1) is 16.7. The Balaban J connectivity index is 2.69. The number of carboxylic acid groups (broad SMARTS) is 1. The van der Waals surface area contributed by atoms with Gasteiger partial charge in [-0.05, 0) is 37.7 Å². The Bertz CT molecular complexity index is 396. The largest absolute Gasteiger partial charge is 0.481 e. The standard InChI is InChI=1S/C16H24O4/c1-3-5-6-10-16(20,4-2)11-9-12-7-8-13(17)14(12)15(18)19/h2,9,11-14,17,20H,3,5-8,10H2,1H3,(H,18,19). The molecule has 0 aromatic rings. The fourth-order valence-electron chi connectivity index (χ4n) is 2.70. The van der Waals surface area contributed by atoms with Crippen LogP contribution in [0.25, 0.3) is 0 Å². The lowest BCUT2D eigenvalue weighted by atomic mass is 9.90. The second-order valence-corrected chi connectivity index (χ2v) is 5.56. The Morgan fingerprint density at radius 3 is 2.70 bits per heavy atom. The zero-order valence-electron chi connectivity index (χ0n) is 12.0. The molecule has 4 unspecified atom stereocenters. The lowest BCUT2D eigenvalue weighted by Crippen LogP contribution is -2.28. The Morgan fingerprint density at radius 1 is 1.45 bits per heavy atom. The number of aliphatic hydroxyl groups excluding tert-OH is 1. The second-order valence-electron chi connectivity index (χ2n) is 5.56. The van der Waals surface area contributed by atoms with Crippen molar-refractivity contribution in [2.24, 2.45) is 11.8 Å². The molecule has 0 amide bonds. The van der Waals surface area contributed by atoms with E-state index in [-0.39, 0.29) is 5.92 Å². The van der Waals surface area contributed by atoms with E-state index < -0.39 is 23.6 Å². The van der Waals surface area contributed by atoms with E-state index in [2.05, 4.69) is 12.8 Å². The van der Waals surface area contributed by atoms with E-state index in [1.165, 1.54) is 6.08 Å². The molecule has 4 heteroatoms. The smallest absolute Gasteiger partial charge is 0.309 e. The van der Waals surface area contributed by atoms with E-state index in [1.54, 1.807) is 6.08 Å². The van der Waals surface area contributed by atoms with Gasteiger partial charge in [0.15, 0.2) is 0 Å². The van der Waals surface area contributed by atoms with Crippen LogP contribution in [0.5, 0.6) is 0 Å². The minimum atomic E-state index is -1.31. The van der Waals surface area contributed by atoms with Crippen LogP contribution in [0.2, 0.25) is 0 Å². The predicted octanol–water partition coefficient (Wildman–Crippen LogP) is 1.96. The summed E-state index contributed by atoms with van der Waals surface area (Å²) in [6.07, 6.45) is 12.2. The van der Waals surface area contributed by atoms with E-state index in [1.807, 2.05) is 0 Å². The first-order valence-electron chi connectivity index (χ1n) is 7.24. The van der Waals surface area contributed by atoms with Crippen LogP contribution in [0.4, 0.5) is 0 Å². The van der Waals surface area contributed by atoms with Crippen LogP contribution in [-0.2, 0) is 4.79 Å². The Labute approximate surface area is 120 Å². The molecule has 0 bridgehead atoms. The SMILES string of the molecule is C#CC(O)(C=CC1CCC(O)C1C(=O)O)CCCCC. The van der Waals surface area contributed by atoms with Crippen molar-refractivity contribution < 1.29 is 20.1 Å². The normalized spacial score (nSPS) is 29.2. The number of hydrogen-bond donors (Lipinski definition) is 3. The van der Waals surface area contributed by atoms with E-state index in [0.29, 0.717) is 19.3 Å². The van der Waals surface area contributed by atoms with Gasteiger partial charge in [-0.1, -0.05) is 31.8 Å². The zero-order chi connectivity index (χ0) is 15.2. The number of allylic oxidation sites excluding steroid dienone is 1. The highest BCUT2D eigenvalue weighted by Crippen LogP contribution is 2.34. The third-order valence-corrected chi connectivity index (χ3v) is 3.99. The van der Waals surface area contributed by atoms with Gasteiger partial charge in [0, 0.05) is 0 Å². The average Bonchev–Trinajstić information content (AvgIpc) is 2.78. The van der Waals surface area contributed by atoms with Crippen LogP contribution in [0, 0.1) is 24.2 Å². The third-order valence-electron chi connectivity index (χ3n) is 3.99. The molecule has 0 aromatic heterocycles. The fourth-order valence-corrected chi connectivity index (χ4v) is 2.70. The van der Waals surface area contributed by atoms with Crippen molar-refractivity contribution in [3.63, 3.8) is 0 Å². The summed E-state index contributed by atoms with van der Waals surface area (Å²) >= 11 is 0. The lowest BCUT2D eigenvalue weighted by molar-refractivity contribution is -0.145. The number of carboxylic acids is 1. The van der Waals surface area contributed by atoms with Gasteiger partial charge in [0.2, 0.25) is 0 Å². The summed E-state index contributed by atoms with van der Waals surface area (Å²) in [5.41, 5.74) is -1.31. The highest BCUT2D eigenvalue weighted by atomic mass is 16.4. The number of rotatable bonds is 7. The van der Waals surface area contributed by atoms with E-state index in [0.717, 1.165) is 19.3 Å². The number of hydrogen-bond acceptors (Lipinski definition) is 3. The van der Waals surface area contributed by atoms with Crippen molar-refractivity contribution in [2.45, 2.75) is 57.2 Å². The van der Waals surface area contributed by atoms with Crippen molar-refractivity contribution in [1.29, 1.82) is 0 Å². The summed E-state index contributed by atoms with van der Waals surface area (Å²) < 4.78 is 0. The number of unbranched alkanes of at least 4 members (excludes halogenated alkanes) is 2. The molecule has 1 fully saturated rings.